The Labute approximate surface area is 126 Å². The summed E-state index contributed by atoms with van der Waals surface area (Å²) in [6.07, 6.45) is 1.79. The van der Waals surface area contributed by atoms with Crippen LogP contribution in [-0.2, 0) is 4.79 Å². The standard InChI is InChI=1S/C17H14N4O/c18-9-15(22)20-16-12-6-2-4-8-14(12)21-10-19-13-7-3-1-5-11(13)17(16)21/h1-8,10H,9,18H2,(H,20,22). The van der Waals surface area contributed by atoms with E-state index < -0.39 is 0 Å². The van der Waals surface area contributed by atoms with Crippen LogP contribution in [0.4, 0.5) is 5.69 Å². The highest BCUT2D eigenvalue weighted by atomic mass is 16.1. The number of fused-ring (bicyclic) bond motifs is 5. The third-order valence-corrected chi connectivity index (χ3v) is 3.83. The van der Waals surface area contributed by atoms with Gasteiger partial charge in [-0.2, -0.15) is 0 Å². The summed E-state index contributed by atoms with van der Waals surface area (Å²) in [5.41, 5.74) is 9.07. The van der Waals surface area contributed by atoms with Crippen LogP contribution >= 0.6 is 0 Å². The molecule has 5 nitrogen and oxygen atoms in total. The Morgan fingerprint density at radius 1 is 1.09 bits per heavy atom. The molecule has 0 aliphatic rings. The van der Waals surface area contributed by atoms with Crippen molar-refractivity contribution >= 4 is 38.9 Å². The fourth-order valence-corrected chi connectivity index (χ4v) is 2.87. The second kappa shape index (κ2) is 4.82. The highest BCUT2D eigenvalue weighted by Crippen LogP contribution is 2.34. The molecule has 1 amide bonds. The summed E-state index contributed by atoms with van der Waals surface area (Å²) < 4.78 is 2.00. The first-order valence-corrected chi connectivity index (χ1v) is 7.06. The van der Waals surface area contributed by atoms with Gasteiger partial charge in [-0.3, -0.25) is 9.20 Å². The monoisotopic (exact) mass is 290 g/mol. The Morgan fingerprint density at radius 3 is 2.64 bits per heavy atom. The molecule has 0 aliphatic heterocycles. The van der Waals surface area contributed by atoms with Crippen LogP contribution in [0.3, 0.4) is 0 Å². The smallest absolute Gasteiger partial charge is 0.238 e. The Morgan fingerprint density at radius 2 is 1.82 bits per heavy atom. The van der Waals surface area contributed by atoms with Gasteiger partial charge in [-0.1, -0.05) is 36.4 Å². The maximum absolute atomic E-state index is 11.8. The van der Waals surface area contributed by atoms with E-state index in [9.17, 15) is 4.79 Å². The van der Waals surface area contributed by atoms with E-state index in [0.29, 0.717) is 0 Å². The number of carbonyl (C=O) groups excluding carboxylic acids is 1. The zero-order valence-corrected chi connectivity index (χ0v) is 11.8. The number of nitrogens with two attached hydrogens (primary N) is 1. The van der Waals surface area contributed by atoms with Crippen LogP contribution in [0.1, 0.15) is 0 Å². The molecule has 0 aliphatic carbocycles. The summed E-state index contributed by atoms with van der Waals surface area (Å²) in [6.45, 7) is -0.0469. The largest absolute Gasteiger partial charge is 0.323 e. The number of para-hydroxylation sites is 2. The minimum atomic E-state index is -0.209. The van der Waals surface area contributed by atoms with Gasteiger partial charge >= 0.3 is 0 Å². The summed E-state index contributed by atoms with van der Waals surface area (Å²) in [4.78, 5) is 16.3. The van der Waals surface area contributed by atoms with Crippen LogP contribution in [0.2, 0.25) is 0 Å². The molecular formula is C17H14N4O. The van der Waals surface area contributed by atoms with E-state index in [2.05, 4.69) is 10.3 Å². The molecular weight excluding hydrogens is 276 g/mol. The van der Waals surface area contributed by atoms with Gasteiger partial charge in [-0.05, 0) is 12.1 Å². The number of rotatable bonds is 2. The minimum absolute atomic E-state index is 0.0469. The van der Waals surface area contributed by atoms with E-state index in [-0.39, 0.29) is 12.5 Å². The average molecular weight is 290 g/mol. The first kappa shape index (κ1) is 12.8. The molecule has 2 heterocycles. The molecule has 108 valence electrons. The first-order chi connectivity index (χ1) is 10.8. The van der Waals surface area contributed by atoms with Crippen molar-refractivity contribution in [2.75, 3.05) is 11.9 Å². The van der Waals surface area contributed by atoms with Crippen LogP contribution in [0.25, 0.3) is 27.3 Å². The molecule has 0 radical (unpaired) electrons. The molecule has 5 heteroatoms. The zero-order valence-electron chi connectivity index (χ0n) is 11.8. The van der Waals surface area contributed by atoms with Gasteiger partial charge in [0.2, 0.25) is 5.91 Å². The molecule has 2 aromatic heterocycles. The van der Waals surface area contributed by atoms with E-state index in [4.69, 9.17) is 5.73 Å². The predicted molar refractivity (Wildman–Crippen MR) is 87.9 cm³/mol. The van der Waals surface area contributed by atoms with Gasteiger partial charge in [-0.15, -0.1) is 0 Å². The van der Waals surface area contributed by atoms with E-state index in [0.717, 1.165) is 33.0 Å². The van der Waals surface area contributed by atoms with E-state index >= 15 is 0 Å². The van der Waals surface area contributed by atoms with Crippen molar-refractivity contribution in [1.29, 1.82) is 0 Å². The van der Waals surface area contributed by atoms with Crippen LogP contribution in [0, 0.1) is 0 Å². The summed E-state index contributed by atoms with van der Waals surface area (Å²) >= 11 is 0. The fraction of sp³-hybridized carbons (Fsp3) is 0.0588. The molecule has 0 bridgehead atoms. The first-order valence-electron chi connectivity index (χ1n) is 7.06. The van der Waals surface area contributed by atoms with Crippen molar-refractivity contribution in [3.63, 3.8) is 0 Å². The predicted octanol–water partition coefficient (Wildman–Crippen LogP) is 2.54. The van der Waals surface area contributed by atoms with Gasteiger partial charge in [-0.25, -0.2) is 4.98 Å². The zero-order chi connectivity index (χ0) is 15.1. The third-order valence-electron chi connectivity index (χ3n) is 3.83. The quantitative estimate of drug-likeness (QED) is 0.596. The van der Waals surface area contributed by atoms with Crippen molar-refractivity contribution in [1.82, 2.24) is 9.38 Å². The molecule has 4 rings (SSSR count). The summed E-state index contributed by atoms with van der Waals surface area (Å²) in [6, 6.07) is 15.8. The highest BCUT2D eigenvalue weighted by Gasteiger charge is 2.15. The molecule has 0 fully saturated rings. The Hall–Kier alpha value is -2.92. The van der Waals surface area contributed by atoms with Crippen LogP contribution in [0.5, 0.6) is 0 Å². The van der Waals surface area contributed by atoms with Gasteiger partial charge in [0.15, 0.2) is 0 Å². The number of nitrogens with zero attached hydrogens (tertiary/aromatic N) is 2. The number of benzene rings is 2. The van der Waals surface area contributed by atoms with Gasteiger partial charge in [0.25, 0.3) is 0 Å². The van der Waals surface area contributed by atoms with Crippen molar-refractivity contribution in [3.05, 3.63) is 54.9 Å². The lowest BCUT2D eigenvalue weighted by molar-refractivity contribution is -0.114. The number of hydrogen-bond donors (Lipinski definition) is 2. The molecule has 0 atom stereocenters. The fourth-order valence-electron chi connectivity index (χ4n) is 2.87. The molecule has 4 aromatic rings. The Kier molecular flexibility index (Phi) is 2.80. The highest BCUT2D eigenvalue weighted by molar-refractivity contribution is 6.16. The number of carbonyl (C=O) groups is 1. The molecule has 0 saturated heterocycles. The Balaban J connectivity index is 2.19. The third kappa shape index (κ3) is 1.76. The number of nitrogens with one attached hydrogen (secondary N) is 1. The minimum Gasteiger partial charge on any atom is -0.323 e. The summed E-state index contributed by atoms with van der Waals surface area (Å²) in [7, 11) is 0. The molecule has 0 unspecified atom stereocenters. The average Bonchev–Trinajstić information content (AvgIpc) is 2.89. The second-order valence-electron chi connectivity index (χ2n) is 5.12. The SMILES string of the molecule is NCC(=O)Nc1c2ccccc2n2cnc3ccccc3c12. The van der Waals surface area contributed by atoms with E-state index in [1.54, 1.807) is 6.33 Å². The van der Waals surface area contributed by atoms with Crippen molar-refractivity contribution in [2.24, 2.45) is 5.73 Å². The second-order valence-corrected chi connectivity index (χ2v) is 5.12. The number of aromatic nitrogens is 2. The van der Waals surface area contributed by atoms with Gasteiger partial charge in [0.1, 0.15) is 6.33 Å². The molecule has 22 heavy (non-hydrogen) atoms. The van der Waals surface area contributed by atoms with Crippen LogP contribution in [-0.4, -0.2) is 21.8 Å². The van der Waals surface area contributed by atoms with Gasteiger partial charge < -0.3 is 11.1 Å². The summed E-state index contributed by atoms with van der Waals surface area (Å²) in [5, 5.41) is 4.91. The van der Waals surface area contributed by atoms with E-state index in [1.165, 1.54) is 0 Å². The molecule has 0 spiro atoms. The topological polar surface area (TPSA) is 72.4 Å². The van der Waals surface area contributed by atoms with E-state index in [1.807, 2.05) is 52.9 Å². The van der Waals surface area contributed by atoms with Gasteiger partial charge in [0, 0.05) is 10.8 Å². The normalized spacial score (nSPS) is 11.3. The Bertz CT molecular complexity index is 1020. The lowest BCUT2D eigenvalue weighted by Gasteiger charge is -2.05. The number of anilines is 1. The van der Waals surface area contributed by atoms with Crippen LogP contribution in [0.15, 0.2) is 54.9 Å². The van der Waals surface area contributed by atoms with Crippen molar-refractivity contribution < 1.29 is 4.79 Å². The molecule has 3 N–H and O–H groups in total. The lowest BCUT2D eigenvalue weighted by atomic mass is 10.1. The van der Waals surface area contributed by atoms with Crippen molar-refractivity contribution in [2.45, 2.75) is 0 Å². The number of amides is 1. The van der Waals surface area contributed by atoms with Gasteiger partial charge in [0.05, 0.1) is 28.8 Å². The van der Waals surface area contributed by atoms with Crippen LogP contribution < -0.4 is 11.1 Å². The summed E-state index contributed by atoms with van der Waals surface area (Å²) in [5.74, 6) is -0.209. The lowest BCUT2D eigenvalue weighted by Crippen LogP contribution is -2.21. The van der Waals surface area contributed by atoms with Crippen molar-refractivity contribution in [3.8, 4) is 0 Å². The maximum Gasteiger partial charge on any atom is 0.238 e. The maximum atomic E-state index is 11.8. The number of hydrogen-bond acceptors (Lipinski definition) is 3. The molecule has 0 saturated carbocycles. The molecule has 2 aromatic carbocycles.